The molecule has 2 aromatic carbocycles. The standard InChI is InChI=1S/C22H23ClN2O2/c1-5-10-25-19-8-6-15(13(2)3)11-17(19)14(4)21(25)22(27)24-18-12-16(23)7-9-20(18)26/h5-9,11-13,26H,1,10H2,2-4H3,(H,24,27). The summed E-state index contributed by atoms with van der Waals surface area (Å²) in [4.78, 5) is 13.1. The molecule has 27 heavy (non-hydrogen) atoms. The highest BCUT2D eigenvalue weighted by Crippen LogP contribution is 2.31. The van der Waals surface area contributed by atoms with Crippen LogP contribution in [0.15, 0.2) is 49.1 Å². The third-order valence-corrected chi connectivity index (χ3v) is 4.98. The highest BCUT2D eigenvalue weighted by Gasteiger charge is 2.21. The lowest BCUT2D eigenvalue weighted by Gasteiger charge is -2.11. The minimum absolute atomic E-state index is 0.0288. The average molecular weight is 383 g/mol. The molecule has 0 aliphatic rings. The van der Waals surface area contributed by atoms with E-state index < -0.39 is 0 Å². The van der Waals surface area contributed by atoms with Gasteiger partial charge in [-0.3, -0.25) is 4.79 Å². The number of hydrogen-bond donors (Lipinski definition) is 2. The molecule has 3 aromatic rings. The van der Waals surface area contributed by atoms with Gasteiger partial charge in [0.05, 0.1) is 5.69 Å². The number of aryl methyl sites for hydroxylation is 1. The molecule has 0 aliphatic carbocycles. The number of hydrogen-bond acceptors (Lipinski definition) is 2. The Labute approximate surface area is 164 Å². The van der Waals surface area contributed by atoms with Crippen LogP contribution >= 0.6 is 11.6 Å². The van der Waals surface area contributed by atoms with Crippen LogP contribution in [0.5, 0.6) is 5.75 Å². The van der Waals surface area contributed by atoms with E-state index in [0.717, 1.165) is 16.5 Å². The topological polar surface area (TPSA) is 54.3 Å². The van der Waals surface area contributed by atoms with Gasteiger partial charge >= 0.3 is 0 Å². The van der Waals surface area contributed by atoms with Crippen molar-refractivity contribution in [3.8, 4) is 5.75 Å². The molecule has 4 nitrogen and oxygen atoms in total. The first-order chi connectivity index (χ1) is 12.8. The molecule has 0 spiro atoms. The molecule has 140 valence electrons. The second kappa shape index (κ2) is 7.49. The number of aromatic hydroxyl groups is 1. The molecular formula is C22H23ClN2O2. The van der Waals surface area contributed by atoms with Gasteiger partial charge in [0, 0.05) is 22.5 Å². The summed E-state index contributed by atoms with van der Waals surface area (Å²) in [5, 5.41) is 14.3. The van der Waals surface area contributed by atoms with Crippen molar-refractivity contribution in [3.63, 3.8) is 0 Å². The van der Waals surface area contributed by atoms with Crippen LogP contribution in [-0.4, -0.2) is 15.6 Å². The number of allylic oxidation sites excluding steroid dienone is 1. The van der Waals surface area contributed by atoms with Crippen LogP contribution in [0.25, 0.3) is 10.9 Å². The molecule has 0 aliphatic heterocycles. The van der Waals surface area contributed by atoms with Crippen LogP contribution in [0.3, 0.4) is 0 Å². The third kappa shape index (κ3) is 3.58. The number of aromatic nitrogens is 1. The van der Waals surface area contributed by atoms with Crippen LogP contribution in [0, 0.1) is 6.92 Å². The van der Waals surface area contributed by atoms with E-state index >= 15 is 0 Å². The fraction of sp³-hybridized carbons (Fsp3) is 0.227. The molecule has 0 saturated heterocycles. The molecule has 0 fully saturated rings. The molecule has 0 unspecified atom stereocenters. The molecule has 1 amide bonds. The molecule has 2 N–H and O–H groups in total. The lowest BCUT2D eigenvalue weighted by atomic mass is 10.0. The summed E-state index contributed by atoms with van der Waals surface area (Å²) in [7, 11) is 0. The van der Waals surface area contributed by atoms with E-state index in [1.807, 2.05) is 11.5 Å². The van der Waals surface area contributed by atoms with Crippen molar-refractivity contribution < 1.29 is 9.90 Å². The molecule has 0 bridgehead atoms. The summed E-state index contributed by atoms with van der Waals surface area (Å²) in [6, 6.07) is 10.8. The highest BCUT2D eigenvalue weighted by atomic mass is 35.5. The molecule has 0 radical (unpaired) electrons. The number of phenolic OH excluding ortho intramolecular Hbond substituents is 1. The summed E-state index contributed by atoms with van der Waals surface area (Å²) in [6.07, 6.45) is 1.77. The number of carbonyl (C=O) groups excluding carboxylic acids is 1. The number of phenols is 1. The summed E-state index contributed by atoms with van der Waals surface area (Å²) in [6.45, 7) is 10.6. The fourth-order valence-electron chi connectivity index (χ4n) is 3.30. The van der Waals surface area contributed by atoms with Gasteiger partial charge in [-0.15, -0.1) is 6.58 Å². The molecular weight excluding hydrogens is 360 g/mol. The minimum atomic E-state index is -0.297. The zero-order valence-electron chi connectivity index (χ0n) is 15.7. The van der Waals surface area contributed by atoms with Gasteiger partial charge in [-0.1, -0.05) is 37.6 Å². The number of nitrogens with one attached hydrogen (secondary N) is 1. The number of amides is 1. The van der Waals surface area contributed by atoms with Crippen molar-refractivity contribution in [1.29, 1.82) is 0 Å². The van der Waals surface area contributed by atoms with Crippen molar-refractivity contribution in [3.05, 3.63) is 70.9 Å². The number of anilines is 1. The monoisotopic (exact) mass is 382 g/mol. The number of carbonyl (C=O) groups is 1. The Morgan fingerprint density at radius 2 is 2.04 bits per heavy atom. The van der Waals surface area contributed by atoms with Gasteiger partial charge in [0.2, 0.25) is 0 Å². The summed E-state index contributed by atoms with van der Waals surface area (Å²) in [5.74, 6) is 0.0744. The maximum atomic E-state index is 13.1. The first-order valence-electron chi connectivity index (χ1n) is 8.87. The molecule has 5 heteroatoms. The Hall–Kier alpha value is -2.72. The van der Waals surface area contributed by atoms with Crippen molar-refractivity contribution in [2.45, 2.75) is 33.2 Å². The number of benzene rings is 2. The SMILES string of the molecule is C=CCn1c(C(=O)Nc2cc(Cl)ccc2O)c(C)c2cc(C(C)C)ccc21. The van der Waals surface area contributed by atoms with E-state index in [-0.39, 0.29) is 17.3 Å². The Balaban J connectivity index is 2.12. The van der Waals surface area contributed by atoms with Gasteiger partial charge in [0.15, 0.2) is 0 Å². The zero-order chi connectivity index (χ0) is 19.7. The quantitative estimate of drug-likeness (QED) is 0.428. The zero-order valence-corrected chi connectivity index (χ0v) is 16.5. The maximum Gasteiger partial charge on any atom is 0.272 e. The van der Waals surface area contributed by atoms with Crippen LogP contribution in [0.1, 0.15) is 41.4 Å². The highest BCUT2D eigenvalue weighted by molar-refractivity contribution is 6.31. The predicted molar refractivity (Wildman–Crippen MR) is 112 cm³/mol. The van der Waals surface area contributed by atoms with E-state index in [9.17, 15) is 9.90 Å². The van der Waals surface area contributed by atoms with Crippen molar-refractivity contribution >= 4 is 34.1 Å². The fourth-order valence-corrected chi connectivity index (χ4v) is 3.47. The number of fused-ring (bicyclic) bond motifs is 1. The van der Waals surface area contributed by atoms with Gasteiger partial charge in [0.1, 0.15) is 11.4 Å². The normalized spacial score (nSPS) is 11.1. The third-order valence-electron chi connectivity index (χ3n) is 4.74. The number of nitrogens with zero attached hydrogens (tertiary/aromatic N) is 1. The van der Waals surface area contributed by atoms with E-state index in [1.165, 1.54) is 17.7 Å². The van der Waals surface area contributed by atoms with Gasteiger partial charge in [-0.25, -0.2) is 0 Å². The van der Waals surface area contributed by atoms with Crippen LogP contribution in [0.4, 0.5) is 5.69 Å². The average Bonchev–Trinajstić information content (AvgIpc) is 2.90. The Morgan fingerprint density at radius 3 is 2.70 bits per heavy atom. The second-order valence-corrected chi connectivity index (χ2v) is 7.36. The van der Waals surface area contributed by atoms with E-state index in [1.54, 1.807) is 12.1 Å². The predicted octanol–water partition coefficient (Wildman–Crippen LogP) is 5.87. The van der Waals surface area contributed by atoms with Gasteiger partial charge in [0.25, 0.3) is 5.91 Å². The Kier molecular flexibility index (Phi) is 5.29. The van der Waals surface area contributed by atoms with E-state index in [4.69, 9.17) is 11.6 Å². The van der Waals surface area contributed by atoms with Gasteiger partial charge in [-0.05, 0) is 54.3 Å². The Morgan fingerprint density at radius 1 is 1.30 bits per heavy atom. The lowest BCUT2D eigenvalue weighted by Crippen LogP contribution is -2.18. The molecule has 3 rings (SSSR count). The Bertz CT molecular complexity index is 1030. The van der Waals surface area contributed by atoms with Crippen LogP contribution in [0.2, 0.25) is 5.02 Å². The molecule has 1 aromatic heterocycles. The van der Waals surface area contributed by atoms with Crippen molar-refractivity contribution in [2.75, 3.05) is 5.32 Å². The van der Waals surface area contributed by atoms with E-state index in [0.29, 0.717) is 23.2 Å². The van der Waals surface area contributed by atoms with E-state index in [2.05, 4.69) is 43.9 Å². The van der Waals surface area contributed by atoms with Gasteiger partial charge in [-0.2, -0.15) is 0 Å². The smallest absolute Gasteiger partial charge is 0.272 e. The van der Waals surface area contributed by atoms with Crippen LogP contribution < -0.4 is 5.32 Å². The lowest BCUT2D eigenvalue weighted by molar-refractivity contribution is 0.101. The number of halogens is 1. The van der Waals surface area contributed by atoms with Crippen molar-refractivity contribution in [2.24, 2.45) is 0 Å². The first kappa shape index (κ1) is 19.1. The van der Waals surface area contributed by atoms with Gasteiger partial charge < -0.3 is 15.0 Å². The molecule has 0 saturated carbocycles. The maximum absolute atomic E-state index is 13.1. The molecule has 0 atom stereocenters. The summed E-state index contributed by atoms with van der Waals surface area (Å²) >= 11 is 5.99. The largest absolute Gasteiger partial charge is 0.506 e. The summed E-state index contributed by atoms with van der Waals surface area (Å²) in [5.41, 5.74) is 3.93. The minimum Gasteiger partial charge on any atom is -0.506 e. The molecule has 1 heterocycles. The first-order valence-corrected chi connectivity index (χ1v) is 9.24. The van der Waals surface area contributed by atoms with Crippen molar-refractivity contribution in [1.82, 2.24) is 4.57 Å². The number of rotatable bonds is 5. The second-order valence-electron chi connectivity index (χ2n) is 6.92. The van der Waals surface area contributed by atoms with Crippen LogP contribution in [-0.2, 0) is 6.54 Å². The summed E-state index contributed by atoms with van der Waals surface area (Å²) < 4.78 is 1.94.